The summed E-state index contributed by atoms with van der Waals surface area (Å²) in [5, 5.41) is 0. The molecule has 0 aromatic carbocycles. The minimum Gasteiger partial charge on any atom is -0.480 e. The molecule has 1 aromatic heterocycles. The van der Waals surface area contributed by atoms with Crippen molar-refractivity contribution in [2.45, 2.75) is 45.5 Å². The lowest BCUT2D eigenvalue weighted by molar-refractivity contribution is 0.0176. The van der Waals surface area contributed by atoms with Gasteiger partial charge >= 0.3 is 6.09 Å². The van der Waals surface area contributed by atoms with Crippen molar-refractivity contribution in [2.24, 2.45) is 0 Å². The zero-order valence-corrected chi connectivity index (χ0v) is 13.5. The highest BCUT2D eigenvalue weighted by molar-refractivity contribution is 5.68. The maximum Gasteiger partial charge on any atom is 0.410 e. The summed E-state index contributed by atoms with van der Waals surface area (Å²) in [5.41, 5.74) is 0.170. The maximum atomic E-state index is 12.0. The molecule has 2 heterocycles. The number of rotatable bonds is 4. The van der Waals surface area contributed by atoms with Crippen molar-refractivity contribution in [3.05, 3.63) is 18.1 Å². The van der Waals surface area contributed by atoms with Gasteiger partial charge in [-0.1, -0.05) is 0 Å². The Morgan fingerprint density at radius 3 is 2.77 bits per heavy atom. The van der Waals surface area contributed by atoms with E-state index in [0.29, 0.717) is 31.3 Å². The van der Waals surface area contributed by atoms with Gasteiger partial charge in [0, 0.05) is 18.9 Å². The number of hydrogen-bond acceptors (Lipinski definition) is 6. The largest absolute Gasteiger partial charge is 0.480 e. The van der Waals surface area contributed by atoms with Crippen LogP contribution in [0.15, 0.2) is 12.4 Å². The fraction of sp³-hybridized carbons (Fsp3) is 0.667. The van der Waals surface area contributed by atoms with Gasteiger partial charge in [-0.3, -0.25) is 4.98 Å². The predicted molar refractivity (Wildman–Crippen MR) is 79.6 cm³/mol. The molecule has 1 aliphatic rings. The molecule has 1 amide bonds. The molecule has 2 rings (SSSR count). The number of ether oxygens (including phenoxy) is 3. The molecule has 1 atom stereocenters. The first kappa shape index (κ1) is 16.5. The number of nitrogens with zero attached hydrogens (tertiary/aromatic N) is 3. The van der Waals surface area contributed by atoms with Crippen LogP contribution in [0.3, 0.4) is 0 Å². The zero-order chi connectivity index (χ0) is 16.2. The van der Waals surface area contributed by atoms with Crippen LogP contribution in [0.2, 0.25) is 0 Å². The fourth-order valence-corrected chi connectivity index (χ4v) is 2.18. The average Bonchev–Trinajstić information content (AvgIpc) is 2.92. The molecule has 0 radical (unpaired) electrons. The highest BCUT2D eigenvalue weighted by Crippen LogP contribution is 2.19. The first-order valence-corrected chi connectivity index (χ1v) is 7.32. The first-order valence-electron chi connectivity index (χ1n) is 7.32. The van der Waals surface area contributed by atoms with Gasteiger partial charge < -0.3 is 19.1 Å². The van der Waals surface area contributed by atoms with Gasteiger partial charge in [0.25, 0.3) is 0 Å². The van der Waals surface area contributed by atoms with E-state index in [9.17, 15) is 4.79 Å². The minimum absolute atomic E-state index is 0.0285. The standard InChI is InChI=1S/C15H23N3O4/c1-15(2,3)22-14(19)18-8-5-11(9-18)21-10-12-13(20-4)17-7-6-16-12/h6-7,11H,5,8-10H2,1-4H3. The molecule has 7 nitrogen and oxygen atoms in total. The van der Waals surface area contributed by atoms with E-state index in [4.69, 9.17) is 14.2 Å². The Balaban J connectivity index is 1.83. The molecule has 0 spiro atoms. The second-order valence-corrected chi connectivity index (χ2v) is 6.16. The molecule has 0 aliphatic carbocycles. The summed E-state index contributed by atoms with van der Waals surface area (Å²) in [4.78, 5) is 21.9. The molecular weight excluding hydrogens is 286 g/mol. The van der Waals surface area contributed by atoms with E-state index in [1.54, 1.807) is 24.4 Å². The second kappa shape index (κ2) is 6.91. The van der Waals surface area contributed by atoms with Gasteiger partial charge in [-0.25, -0.2) is 9.78 Å². The third kappa shape index (κ3) is 4.56. The van der Waals surface area contributed by atoms with E-state index in [-0.39, 0.29) is 12.2 Å². The summed E-state index contributed by atoms with van der Waals surface area (Å²) in [6, 6.07) is 0. The predicted octanol–water partition coefficient (Wildman–Crippen LogP) is 2.01. The number of aromatic nitrogens is 2. The van der Waals surface area contributed by atoms with Gasteiger partial charge in [0.1, 0.15) is 11.3 Å². The Morgan fingerprint density at radius 1 is 1.36 bits per heavy atom. The molecule has 1 aromatic rings. The summed E-state index contributed by atoms with van der Waals surface area (Å²) in [7, 11) is 1.55. The Bertz CT molecular complexity index is 516. The molecule has 0 N–H and O–H groups in total. The molecule has 1 fully saturated rings. The van der Waals surface area contributed by atoms with Crippen LogP contribution in [0.25, 0.3) is 0 Å². The molecular formula is C15H23N3O4. The van der Waals surface area contributed by atoms with Gasteiger partial charge in [0.15, 0.2) is 0 Å². The number of likely N-dealkylation sites (tertiary alicyclic amines) is 1. The molecule has 0 saturated carbocycles. The Morgan fingerprint density at radius 2 is 2.09 bits per heavy atom. The van der Waals surface area contributed by atoms with Crippen molar-refractivity contribution in [1.82, 2.24) is 14.9 Å². The monoisotopic (exact) mass is 309 g/mol. The van der Waals surface area contributed by atoms with Crippen LogP contribution in [0.4, 0.5) is 4.79 Å². The van der Waals surface area contributed by atoms with Crippen LogP contribution in [-0.2, 0) is 16.1 Å². The van der Waals surface area contributed by atoms with Crippen LogP contribution in [0, 0.1) is 0 Å². The second-order valence-electron chi connectivity index (χ2n) is 6.16. The number of hydrogen-bond donors (Lipinski definition) is 0. The molecule has 1 aliphatic heterocycles. The van der Waals surface area contributed by atoms with E-state index in [1.807, 2.05) is 20.8 Å². The third-order valence-corrected chi connectivity index (χ3v) is 3.18. The van der Waals surface area contributed by atoms with Gasteiger partial charge in [-0.15, -0.1) is 0 Å². The Hall–Kier alpha value is -1.89. The van der Waals surface area contributed by atoms with Crippen LogP contribution in [0.5, 0.6) is 5.88 Å². The topological polar surface area (TPSA) is 73.8 Å². The van der Waals surface area contributed by atoms with Gasteiger partial charge in [0.2, 0.25) is 5.88 Å². The lowest BCUT2D eigenvalue weighted by atomic mass is 10.2. The summed E-state index contributed by atoms with van der Waals surface area (Å²) in [5.74, 6) is 0.462. The number of carbonyl (C=O) groups excluding carboxylic acids is 1. The van der Waals surface area contributed by atoms with Gasteiger partial charge in [-0.2, -0.15) is 0 Å². The highest BCUT2D eigenvalue weighted by Gasteiger charge is 2.30. The van der Waals surface area contributed by atoms with Crippen molar-refractivity contribution >= 4 is 6.09 Å². The normalized spacial score (nSPS) is 18.4. The number of carbonyl (C=O) groups is 1. The van der Waals surface area contributed by atoms with Crippen molar-refractivity contribution in [1.29, 1.82) is 0 Å². The molecule has 22 heavy (non-hydrogen) atoms. The Kier molecular flexibility index (Phi) is 5.18. The van der Waals surface area contributed by atoms with Crippen molar-refractivity contribution in [3.8, 4) is 5.88 Å². The average molecular weight is 309 g/mol. The third-order valence-electron chi connectivity index (χ3n) is 3.18. The fourth-order valence-electron chi connectivity index (χ4n) is 2.18. The smallest absolute Gasteiger partial charge is 0.410 e. The summed E-state index contributed by atoms with van der Waals surface area (Å²) in [6.45, 7) is 7.04. The first-order chi connectivity index (χ1) is 10.4. The number of amides is 1. The zero-order valence-electron chi connectivity index (χ0n) is 13.5. The molecule has 7 heteroatoms. The lowest BCUT2D eigenvalue weighted by Crippen LogP contribution is -2.36. The van der Waals surface area contributed by atoms with Crippen molar-refractivity contribution in [2.75, 3.05) is 20.2 Å². The van der Waals surface area contributed by atoms with Crippen LogP contribution in [0.1, 0.15) is 32.9 Å². The maximum absolute atomic E-state index is 12.0. The summed E-state index contributed by atoms with van der Waals surface area (Å²) < 4.78 is 16.3. The summed E-state index contributed by atoms with van der Waals surface area (Å²) in [6.07, 6.45) is 3.63. The Labute approximate surface area is 130 Å². The highest BCUT2D eigenvalue weighted by atomic mass is 16.6. The van der Waals surface area contributed by atoms with E-state index in [0.717, 1.165) is 6.42 Å². The molecule has 1 saturated heterocycles. The minimum atomic E-state index is -0.483. The van der Waals surface area contributed by atoms with Crippen LogP contribution in [-0.4, -0.2) is 52.9 Å². The summed E-state index contributed by atoms with van der Waals surface area (Å²) >= 11 is 0. The van der Waals surface area contributed by atoms with Gasteiger partial charge in [0.05, 0.1) is 26.4 Å². The van der Waals surface area contributed by atoms with E-state index in [1.165, 1.54) is 0 Å². The van der Waals surface area contributed by atoms with Crippen LogP contribution >= 0.6 is 0 Å². The quantitative estimate of drug-likeness (QED) is 0.847. The molecule has 122 valence electrons. The van der Waals surface area contributed by atoms with E-state index in [2.05, 4.69) is 9.97 Å². The van der Waals surface area contributed by atoms with E-state index >= 15 is 0 Å². The van der Waals surface area contributed by atoms with Crippen LogP contribution < -0.4 is 4.74 Å². The SMILES string of the molecule is COc1nccnc1COC1CCN(C(=O)OC(C)(C)C)C1. The molecule has 0 bridgehead atoms. The van der Waals surface area contributed by atoms with Crippen molar-refractivity contribution in [3.63, 3.8) is 0 Å². The van der Waals surface area contributed by atoms with E-state index < -0.39 is 5.60 Å². The van der Waals surface area contributed by atoms with Gasteiger partial charge in [-0.05, 0) is 27.2 Å². The molecule has 1 unspecified atom stereocenters. The number of methoxy groups -OCH3 is 1. The lowest BCUT2D eigenvalue weighted by Gasteiger charge is -2.24. The van der Waals surface area contributed by atoms with Crippen molar-refractivity contribution < 1.29 is 19.0 Å².